The van der Waals surface area contributed by atoms with E-state index in [4.69, 9.17) is 0 Å². The van der Waals surface area contributed by atoms with E-state index in [-0.39, 0.29) is 4.90 Å². The van der Waals surface area contributed by atoms with E-state index in [1.54, 1.807) is 6.92 Å². The highest BCUT2D eigenvalue weighted by molar-refractivity contribution is 7.89. The predicted octanol–water partition coefficient (Wildman–Crippen LogP) is 3.82. The van der Waals surface area contributed by atoms with Crippen LogP contribution < -0.4 is 0 Å². The standard InChI is InChI=1S/C16H15FN2O2S2/c1-11(16-18-14-5-3-4-6-15(14)22-16)19(2)23(20,21)13-9-7-12(17)8-10-13/h3-11H,1-2H3/t11-/m0/s1. The van der Waals surface area contributed by atoms with E-state index < -0.39 is 21.9 Å². The summed E-state index contributed by atoms with van der Waals surface area (Å²) >= 11 is 1.47. The minimum Gasteiger partial charge on any atom is -0.239 e. The van der Waals surface area contributed by atoms with Gasteiger partial charge in [0.15, 0.2) is 0 Å². The van der Waals surface area contributed by atoms with Gasteiger partial charge < -0.3 is 0 Å². The second-order valence-electron chi connectivity index (χ2n) is 5.17. The predicted molar refractivity (Wildman–Crippen MR) is 89.4 cm³/mol. The first-order chi connectivity index (χ1) is 10.9. The third-order valence-electron chi connectivity index (χ3n) is 3.70. The number of halogens is 1. The van der Waals surface area contributed by atoms with Crippen LogP contribution in [0.25, 0.3) is 10.2 Å². The fraction of sp³-hybridized carbons (Fsp3) is 0.188. The molecule has 4 nitrogen and oxygen atoms in total. The lowest BCUT2D eigenvalue weighted by Crippen LogP contribution is -2.29. The van der Waals surface area contributed by atoms with Crippen molar-refractivity contribution in [2.75, 3.05) is 7.05 Å². The van der Waals surface area contributed by atoms with Gasteiger partial charge in [-0.3, -0.25) is 0 Å². The molecule has 0 aliphatic rings. The molecule has 0 aliphatic carbocycles. The van der Waals surface area contributed by atoms with Gasteiger partial charge in [0.2, 0.25) is 10.0 Å². The van der Waals surface area contributed by atoms with Crippen molar-refractivity contribution in [3.63, 3.8) is 0 Å². The molecule has 0 N–H and O–H groups in total. The molecule has 3 rings (SSSR count). The Balaban J connectivity index is 1.94. The molecule has 1 atom stereocenters. The SMILES string of the molecule is C[C@@H](c1nc2ccccc2s1)N(C)S(=O)(=O)c1ccc(F)cc1. The van der Waals surface area contributed by atoms with Crippen LogP contribution in [0.1, 0.15) is 18.0 Å². The first-order valence-corrected chi connectivity index (χ1v) is 9.24. The number of para-hydroxylation sites is 1. The van der Waals surface area contributed by atoms with Gasteiger partial charge in [0, 0.05) is 7.05 Å². The summed E-state index contributed by atoms with van der Waals surface area (Å²) in [4.78, 5) is 4.57. The summed E-state index contributed by atoms with van der Waals surface area (Å²) in [5.41, 5.74) is 0.854. The lowest BCUT2D eigenvalue weighted by Gasteiger charge is -2.22. The molecule has 0 saturated carbocycles. The average molecular weight is 350 g/mol. The summed E-state index contributed by atoms with van der Waals surface area (Å²) in [6, 6.07) is 12.1. The van der Waals surface area contributed by atoms with Gasteiger partial charge in [0.05, 0.1) is 21.2 Å². The Morgan fingerprint density at radius 1 is 1.13 bits per heavy atom. The number of aromatic nitrogens is 1. The zero-order chi connectivity index (χ0) is 16.6. The number of benzene rings is 2. The van der Waals surface area contributed by atoms with E-state index in [0.29, 0.717) is 0 Å². The third kappa shape index (κ3) is 2.99. The van der Waals surface area contributed by atoms with Gasteiger partial charge in [-0.1, -0.05) is 12.1 Å². The van der Waals surface area contributed by atoms with Gasteiger partial charge in [-0.25, -0.2) is 17.8 Å². The molecule has 3 aromatic rings. The van der Waals surface area contributed by atoms with E-state index >= 15 is 0 Å². The second kappa shape index (κ2) is 5.99. The summed E-state index contributed by atoms with van der Waals surface area (Å²) in [6.45, 7) is 1.79. The van der Waals surface area contributed by atoms with Crippen LogP contribution in [-0.2, 0) is 10.0 Å². The maximum Gasteiger partial charge on any atom is 0.243 e. The summed E-state index contributed by atoms with van der Waals surface area (Å²) < 4.78 is 40.6. The Morgan fingerprint density at radius 3 is 2.43 bits per heavy atom. The van der Waals surface area contributed by atoms with Crippen LogP contribution in [0.2, 0.25) is 0 Å². The monoisotopic (exact) mass is 350 g/mol. The van der Waals surface area contributed by atoms with Crippen LogP contribution in [0.3, 0.4) is 0 Å². The van der Waals surface area contributed by atoms with Crippen molar-refractivity contribution >= 4 is 31.6 Å². The number of nitrogens with zero attached hydrogens (tertiary/aromatic N) is 2. The number of hydrogen-bond donors (Lipinski definition) is 0. The molecule has 120 valence electrons. The lowest BCUT2D eigenvalue weighted by molar-refractivity contribution is 0.397. The van der Waals surface area contributed by atoms with Crippen LogP contribution >= 0.6 is 11.3 Å². The van der Waals surface area contributed by atoms with Crippen LogP contribution in [0.5, 0.6) is 0 Å². The lowest BCUT2D eigenvalue weighted by atomic mass is 10.3. The first kappa shape index (κ1) is 16.0. The second-order valence-corrected chi connectivity index (χ2v) is 8.23. The fourth-order valence-electron chi connectivity index (χ4n) is 2.21. The molecule has 0 bridgehead atoms. The molecule has 1 aromatic heterocycles. The molecule has 1 heterocycles. The van der Waals surface area contributed by atoms with Crippen molar-refractivity contribution < 1.29 is 12.8 Å². The maximum absolute atomic E-state index is 13.0. The van der Waals surface area contributed by atoms with Crippen LogP contribution in [0.15, 0.2) is 53.4 Å². The largest absolute Gasteiger partial charge is 0.243 e. The molecule has 0 fully saturated rings. The Bertz CT molecular complexity index is 903. The van der Waals surface area contributed by atoms with Crippen molar-refractivity contribution in [1.82, 2.24) is 9.29 Å². The van der Waals surface area contributed by atoms with Gasteiger partial charge in [-0.2, -0.15) is 4.31 Å². The summed E-state index contributed by atoms with van der Waals surface area (Å²) in [7, 11) is -2.20. The van der Waals surface area contributed by atoms with Crippen molar-refractivity contribution in [2.45, 2.75) is 17.9 Å². The Labute approximate surface area is 138 Å². The van der Waals surface area contributed by atoms with E-state index in [1.807, 2.05) is 24.3 Å². The van der Waals surface area contributed by atoms with Gasteiger partial charge in [-0.05, 0) is 43.3 Å². The van der Waals surface area contributed by atoms with Crippen LogP contribution in [0.4, 0.5) is 4.39 Å². The van der Waals surface area contributed by atoms with Gasteiger partial charge in [0.25, 0.3) is 0 Å². The number of hydrogen-bond acceptors (Lipinski definition) is 4. The minimum absolute atomic E-state index is 0.0642. The zero-order valence-corrected chi connectivity index (χ0v) is 14.2. The Hall–Kier alpha value is -1.83. The van der Waals surface area contributed by atoms with Crippen molar-refractivity contribution in [3.05, 3.63) is 59.4 Å². The van der Waals surface area contributed by atoms with Gasteiger partial charge >= 0.3 is 0 Å². The molecule has 0 amide bonds. The van der Waals surface area contributed by atoms with E-state index in [0.717, 1.165) is 27.4 Å². The normalized spacial score (nSPS) is 13.6. The Morgan fingerprint density at radius 2 is 1.78 bits per heavy atom. The quantitative estimate of drug-likeness (QED) is 0.719. The first-order valence-electron chi connectivity index (χ1n) is 6.98. The van der Waals surface area contributed by atoms with Crippen LogP contribution in [-0.4, -0.2) is 24.8 Å². The minimum atomic E-state index is -3.71. The molecule has 0 saturated heterocycles. The summed E-state index contributed by atoms with van der Waals surface area (Å²) in [5, 5.41) is 0.722. The summed E-state index contributed by atoms with van der Waals surface area (Å²) in [6.07, 6.45) is 0. The van der Waals surface area contributed by atoms with E-state index in [2.05, 4.69) is 4.98 Å². The van der Waals surface area contributed by atoms with Crippen molar-refractivity contribution in [2.24, 2.45) is 0 Å². The molecular formula is C16H15FN2O2S2. The summed E-state index contributed by atoms with van der Waals surface area (Å²) in [5.74, 6) is -0.467. The highest BCUT2D eigenvalue weighted by Crippen LogP contribution is 2.31. The van der Waals surface area contributed by atoms with E-state index in [9.17, 15) is 12.8 Å². The Kier molecular flexibility index (Phi) is 4.18. The highest BCUT2D eigenvalue weighted by Gasteiger charge is 2.28. The molecule has 7 heteroatoms. The van der Waals surface area contributed by atoms with Crippen molar-refractivity contribution in [1.29, 1.82) is 0 Å². The maximum atomic E-state index is 13.0. The highest BCUT2D eigenvalue weighted by atomic mass is 32.2. The molecular weight excluding hydrogens is 335 g/mol. The molecule has 0 radical (unpaired) electrons. The molecule has 0 unspecified atom stereocenters. The number of rotatable bonds is 4. The zero-order valence-electron chi connectivity index (χ0n) is 12.6. The van der Waals surface area contributed by atoms with E-state index in [1.165, 1.54) is 34.8 Å². The molecule has 23 heavy (non-hydrogen) atoms. The molecule has 0 aliphatic heterocycles. The number of sulfonamides is 1. The molecule has 2 aromatic carbocycles. The third-order valence-corrected chi connectivity index (χ3v) is 6.85. The average Bonchev–Trinajstić information content (AvgIpc) is 2.98. The molecule has 0 spiro atoms. The van der Waals surface area contributed by atoms with Gasteiger partial charge in [0.1, 0.15) is 10.8 Å². The topological polar surface area (TPSA) is 50.3 Å². The smallest absolute Gasteiger partial charge is 0.239 e. The number of thiazole rings is 1. The number of fused-ring (bicyclic) bond motifs is 1. The van der Waals surface area contributed by atoms with Crippen molar-refractivity contribution in [3.8, 4) is 0 Å². The van der Waals surface area contributed by atoms with Gasteiger partial charge in [-0.15, -0.1) is 11.3 Å². The fourth-order valence-corrected chi connectivity index (χ4v) is 4.66. The van der Waals surface area contributed by atoms with Crippen LogP contribution in [0, 0.1) is 5.82 Å².